The second-order valence-electron chi connectivity index (χ2n) is 5.19. The fourth-order valence-electron chi connectivity index (χ4n) is 2.28. The fourth-order valence-corrected chi connectivity index (χ4v) is 2.28. The summed E-state index contributed by atoms with van der Waals surface area (Å²) in [5.74, 6) is -0.324. The Labute approximate surface area is 131 Å². The van der Waals surface area contributed by atoms with Gasteiger partial charge in [0.25, 0.3) is 10.9 Å². The van der Waals surface area contributed by atoms with Gasteiger partial charge in [0.2, 0.25) is 0 Å². The van der Waals surface area contributed by atoms with E-state index in [1.807, 2.05) is 6.92 Å². The lowest BCUT2D eigenvalue weighted by Crippen LogP contribution is -2.37. The van der Waals surface area contributed by atoms with E-state index in [4.69, 9.17) is 0 Å². The molecule has 0 aliphatic carbocycles. The van der Waals surface area contributed by atoms with Gasteiger partial charge in [0.1, 0.15) is 17.2 Å². The van der Waals surface area contributed by atoms with Gasteiger partial charge >= 0.3 is 0 Å². The molecule has 0 radical (unpaired) electrons. The molecule has 5 nitrogen and oxygen atoms in total. The summed E-state index contributed by atoms with van der Waals surface area (Å²) in [7, 11) is 0. The lowest BCUT2D eigenvalue weighted by molar-refractivity contribution is 0.626. The fraction of sp³-hybridized carbons (Fsp3) is 0.118. The third-order valence-electron chi connectivity index (χ3n) is 3.59. The Morgan fingerprint density at radius 1 is 0.957 bits per heavy atom. The Morgan fingerprint density at radius 2 is 1.57 bits per heavy atom. The van der Waals surface area contributed by atoms with Crippen LogP contribution in [-0.4, -0.2) is 4.98 Å². The number of pyridine rings is 1. The SMILES string of the molecule is CC(Nc1c(Nc2ccncc2)c(=O)c1=O)c1ccc(F)cc1. The Morgan fingerprint density at radius 3 is 2.22 bits per heavy atom. The van der Waals surface area contributed by atoms with E-state index < -0.39 is 10.9 Å². The van der Waals surface area contributed by atoms with Crippen LogP contribution in [0.2, 0.25) is 0 Å². The summed E-state index contributed by atoms with van der Waals surface area (Å²) in [5.41, 5.74) is 0.837. The van der Waals surface area contributed by atoms with Crippen LogP contribution >= 0.6 is 0 Å². The molecule has 116 valence electrons. The highest BCUT2D eigenvalue weighted by Crippen LogP contribution is 2.24. The Hall–Kier alpha value is -3.02. The first-order valence-electron chi connectivity index (χ1n) is 7.08. The van der Waals surface area contributed by atoms with E-state index in [2.05, 4.69) is 15.6 Å². The van der Waals surface area contributed by atoms with Crippen molar-refractivity contribution in [3.05, 3.63) is 80.6 Å². The van der Waals surface area contributed by atoms with Gasteiger partial charge in [-0.2, -0.15) is 0 Å². The first-order chi connectivity index (χ1) is 11.1. The number of rotatable bonds is 5. The number of hydrogen-bond acceptors (Lipinski definition) is 5. The first kappa shape index (κ1) is 14.9. The number of halogens is 1. The molecular formula is C17H14FN3O2. The quantitative estimate of drug-likeness (QED) is 0.709. The highest BCUT2D eigenvalue weighted by Gasteiger charge is 2.22. The van der Waals surface area contributed by atoms with E-state index in [0.29, 0.717) is 5.69 Å². The van der Waals surface area contributed by atoms with Gasteiger partial charge in [-0.25, -0.2) is 4.39 Å². The standard InChI is InChI=1S/C17H14FN3O2/c1-10(11-2-4-12(18)5-3-11)20-14-15(17(23)16(14)22)21-13-6-8-19-9-7-13/h2-10,20H,1H3,(H,19,21). The molecule has 0 bridgehead atoms. The molecule has 0 saturated heterocycles. The Bertz CT molecular complexity index is 885. The maximum Gasteiger partial charge on any atom is 0.253 e. The normalized spacial score (nSPS) is 12.1. The van der Waals surface area contributed by atoms with E-state index >= 15 is 0 Å². The Balaban J connectivity index is 1.81. The second-order valence-corrected chi connectivity index (χ2v) is 5.19. The topological polar surface area (TPSA) is 71.1 Å². The lowest BCUT2D eigenvalue weighted by atomic mass is 10.1. The van der Waals surface area contributed by atoms with Gasteiger partial charge in [0, 0.05) is 24.1 Å². The van der Waals surface area contributed by atoms with Crippen molar-refractivity contribution in [2.24, 2.45) is 0 Å². The van der Waals surface area contributed by atoms with E-state index in [0.717, 1.165) is 5.56 Å². The van der Waals surface area contributed by atoms with Crippen molar-refractivity contribution in [2.45, 2.75) is 13.0 Å². The third kappa shape index (κ3) is 2.96. The van der Waals surface area contributed by atoms with Crippen LogP contribution in [-0.2, 0) is 0 Å². The van der Waals surface area contributed by atoms with Gasteiger partial charge in [-0.15, -0.1) is 0 Å². The molecule has 23 heavy (non-hydrogen) atoms. The van der Waals surface area contributed by atoms with Crippen LogP contribution in [0.15, 0.2) is 58.4 Å². The van der Waals surface area contributed by atoms with E-state index in [1.54, 1.807) is 36.7 Å². The number of nitrogens with one attached hydrogen (secondary N) is 2. The highest BCUT2D eigenvalue weighted by molar-refractivity contribution is 5.78. The Kier molecular flexibility index (Phi) is 3.89. The first-order valence-corrected chi connectivity index (χ1v) is 7.08. The number of benzene rings is 1. The largest absolute Gasteiger partial charge is 0.373 e. The summed E-state index contributed by atoms with van der Waals surface area (Å²) in [6.07, 6.45) is 3.17. The van der Waals surface area contributed by atoms with Crippen molar-refractivity contribution < 1.29 is 4.39 Å². The number of anilines is 3. The summed E-state index contributed by atoms with van der Waals surface area (Å²) in [5, 5.41) is 5.93. The summed E-state index contributed by atoms with van der Waals surface area (Å²) in [6.45, 7) is 1.83. The minimum Gasteiger partial charge on any atom is -0.373 e. The molecule has 1 atom stereocenters. The van der Waals surface area contributed by atoms with Crippen LogP contribution in [0.4, 0.5) is 21.5 Å². The van der Waals surface area contributed by atoms with Gasteiger partial charge in [-0.1, -0.05) is 12.1 Å². The predicted molar refractivity (Wildman–Crippen MR) is 87.3 cm³/mol. The van der Waals surface area contributed by atoms with Gasteiger partial charge < -0.3 is 10.6 Å². The van der Waals surface area contributed by atoms with Gasteiger partial charge in [-0.3, -0.25) is 14.6 Å². The summed E-state index contributed by atoms with van der Waals surface area (Å²) in [6, 6.07) is 9.13. The molecule has 1 unspecified atom stereocenters. The molecule has 3 rings (SSSR count). The molecule has 3 aromatic rings. The van der Waals surface area contributed by atoms with Crippen molar-refractivity contribution in [1.82, 2.24) is 4.98 Å². The molecule has 0 fully saturated rings. The highest BCUT2D eigenvalue weighted by atomic mass is 19.1. The minimum atomic E-state index is -0.560. The average Bonchev–Trinajstić information content (AvgIpc) is 2.59. The van der Waals surface area contributed by atoms with E-state index in [9.17, 15) is 14.0 Å². The molecule has 2 aromatic carbocycles. The molecule has 0 spiro atoms. The molecule has 6 heteroatoms. The van der Waals surface area contributed by atoms with Crippen LogP contribution in [0.3, 0.4) is 0 Å². The predicted octanol–water partition coefficient (Wildman–Crippen LogP) is 2.73. The van der Waals surface area contributed by atoms with Gasteiger partial charge in [0.15, 0.2) is 0 Å². The van der Waals surface area contributed by atoms with Crippen molar-refractivity contribution >= 4 is 17.1 Å². The number of hydrogen-bond donors (Lipinski definition) is 2. The maximum atomic E-state index is 13.0. The van der Waals surface area contributed by atoms with Gasteiger partial charge in [0.05, 0.1) is 0 Å². The van der Waals surface area contributed by atoms with Crippen LogP contribution in [0.1, 0.15) is 18.5 Å². The number of aromatic nitrogens is 1. The number of nitrogens with zero attached hydrogens (tertiary/aromatic N) is 1. The molecule has 0 saturated carbocycles. The smallest absolute Gasteiger partial charge is 0.253 e. The van der Waals surface area contributed by atoms with Gasteiger partial charge in [-0.05, 0) is 36.8 Å². The van der Waals surface area contributed by atoms with E-state index in [-0.39, 0.29) is 23.2 Å². The molecule has 0 aliphatic rings. The second kappa shape index (κ2) is 6.00. The van der Waals surface area contributed by atoms with Crippen molar-refractivity contribution in [1.29, 1.82) is 0 Å². The average molecular weight is 311 g/mol. The van der Waals surface area contributed by atoms with Crippen molar-refractivity contribution in [3.63, 3.8) is 0 Å². The van der Waals surface area contributed by atoms with Crippen LogP contribution in [0, 0.1) is 5.82 Å². The zero-order chi connectivity index (χ0) is 16.4. The molecule has 2 N–H and O–H groups in total. The van der Waals surface area contributed by atoms with Crippen LogP contribution in [0.5, 0.6) is 0 Å². The maximum absolute atomic E-state index is 13.0. The monoisotopic (exact) mass is 311 g/mol. The molecular weight excluding hydrogens is 297 g/mol. The minimum absolute atomic E-state index is 0.232. The van der Waals surface area contributed by atoms with Crippen LogP contribution in [0.25, 0.3) is 0 Å². The summed E-state index contributed by atoms with van der Waals surface area (Å²) >= 11 is 0. The summed E-state index contributed by atoms with van der Waals surface area (Å²) < 4.78 is 13.0. The zero-order valence-corrected chi connectivity index (χ0v) is 12.3. The lowest BCUT2D eigenvalue weighted by Gasteiger charge is -2.20. The third-order valence-corrected chi connectivity index (χ3v) is 3.59. The van der Waals surface area contributed by atoms with Crippen LogP contribution < -0.4 is 21.5 Å². The van der Waals surface area contributed by atoms with Crippen molar-refractivity contribution in [2.75, 3.05) is 10.6 Å². The summed E-state index contributed by atoms with van der Waals surface area (Å²) in [4.78, 5) is 27.5. The van der Waals surface area contributed by atoms with Crippen molar-refractivity contribution in [3.8, 4) is 0 Å². The molecule has 0 aliphatic heterocycles. The van der Waals surface area contributed by atoms with E-state index in [1.165, 1.54) is 12.1 Å². The molecule has 0 amide bonds. The zero-order valence-electron chi connectivity index (χ0n) is 12.3. The molecule has 1 aromatic heterocycles. The molecule has 1 heterocycles.